The molecule has 0 unspecified atom stereocenters. The van der Waals surface area contributed by atoms with E-state index in [1.165, 1.54) is 0 Å². The summed E-state index contributed by atoms with van der Waals surface area (Å²) in [4.78, 5) is 11.0. The standard InChI is InChI=1S/C15H12BrClO2/c1-9-5-13(6-10(2)15(9)16)19-14-4-3-12(17)7-11(14)8-18/h3-8H,1-2H3. The molecule has 0 radical (unpaired) electrons. The molecule has 0 aliphatic heterocycles. The molecule has 2 aromatic carbocycles. The first kappa shape index (κ1) is 14.1. The Morgan fingerprint density at radius 3 is 2.37 bits per heavy atom. The molecule has 0 fully saturated rings. The first-order valence-electron chi connectivity index (χ1n) is 5.70. The lowest BCUT2D eigenvalue weighted by atomic mass is 10.1. The highest BCUT2D eigenvalue weighted by Crippen LogP contribution is 2.31. The van der Waals surface area contributed by atoms with Crippen LogP contribution >= 0.6 is 27.5 Å². The zero-order valence-corrected chi connectivity index (χ0v) is 12.9. The van der Waals surface area contributed by atoms with Gasteiger partial charge in [0.1, 0.15) is 11.5 Å². The molecule has 2 nitrogen and oxygen atoms in total. The average Bonchev–Trinajstić information content (AvgIpc) is 2.38. The largest absolute Gasteiger partial charge is 0.457 e. The molecule has 4 heteroatoms. The summed E-state index contributed by atoms with van der Waals surface area (Å²) in [6.07, 6.45) is 0.736. The minimum atomic E-state index is 0.436. The summed E-state index contributed by atoms with van der Waals surface area (Å²) in [5, 5.41) is 0.512. The van der Waals surface area contributed by atoms with Crippen molar-refractivity contribution in [3.05, 3.63) is 56.5 Å². The van der Waals surface area contributed by atoms with Gasteiger partial charge in [0.2, 0.25) is 0 Å². The van der Waals surface area contributed by atoms with Gasteiger partial charge in [0.05, 0.1) is 5.56 Å². The van der Waals surface area contributed by atoms with Crippen molar-refractivity contribution in [1.82, 2.24) is 0 Å². The number of hydrogen-bond acceptors (Lipinski definition) is 2. The van der Waals surface area contributed by atoms with Gasteiger partial charge in [-0.05, 0) is 55.3 Å². The fourth-order valence-electron chi connectivity index (χ4n) is 1.80. The number of carbonyl (C=O) groups excluding carboxylic acids is 1. The number of ether oxygens (including phenoxy) is 1. The minimum absolute atomic E-state index is 0.436. The zero-order chi connectivity index (χ0) is 14.0. The van der Waals surface area contributed by atoms with E-state index in [0.717, 1.165) is 21.9 Å². The first-order chi connectivity index (χ1) is 9.01. The van der Waals surface area contributed by atoms with Crippen LogP contribution in [0.25, 0.3) is 0 Å². The molecule has 0 spiro atoms. The second-order valence-corrected chi connectivity index (χ2v) is 5.50. The maximum absolute atomic E-state index is 11.0. The van der Waals surface area contributed by atoms with Crippen molar-refractivity contribution in [2.45, 2.75) is 13.8 Å². The molecule has 0 heterocycles. The number of halogens is 2. The Kier molecular flexibility index (Phi) is 4.27. The molecule has 0 amide bonds. The molecule has 0 saturated carbocycles. The van der Waals surface area contributed by atoms with E-state index < -0.39 is 0 Å². The molecule has 0 bridgehead atoms. The van der Waals surface area contributed by atoms with E-state index in [-0.39, 0.29) is 0 Å². The van der Waals surface area contributed by atoms with Gasteiger partial charge in [-0.3, -0.25) is 4.79 Å². The molecule has 98 valence electrons. The predicted octanol–water partition coefficient (Wildman–Crippen LogP) is 5.32. The van der Waals surface area contributed by atoms with Crippen LogP contribution in [-0.2, 0) is 0 Å². The lowest BCUT2D eigenvalue weighted by molar-refractivity contribution is 0.112. The normalized spacial score (nSPS) is 10.3. The minimum Gasteiger partial charge on any atom is -0.457 e. The van der Waals surface area contributed by atoms with E-state index in [1.54, 1.807) is 18.2 Å². The number of benzene rings is 2. The summed E-state index contributed by atoms with van der Waals surface area (Å²) in [5.74, 6) is 1.20. The monoisotopic (exact) mass is 338 g/mol. The highest BCUT2D eigenvalue weighted by Gasteiger charge is 2.08. The van der Waals surface area contributed by atoms with Crippen LogP contribution in [0, 0.1) is 13.8 Å². The highest BCUT2D eigenvalue weighted by molar-refractivity contribution is 9.10. The quantitative estimate of drug-likeness (QED) is 0.707. The van der Waals surface area contributed by atoms with Crippen molar-refractivity contribution in [3.8, 4) is 11.5 Å². The van der Waals surface area contributed by atoms with Gasteiger partial charge in [-0.15, -0.1) is 0 Å². The van der Waals surface area contributed by atoms with Crippen LogP contribution in [0.5, 0.6) is 11.5 Å². The molecule has 0 aliphatic carbocycles. The smallest absolute Gasteiger partial charge is 0.153 e. The van der Waals surface area contributed by atoms with E-state index in [0.29, 0.717) is 22.1 Å². The van der Waals surface area contributed by atoms with Crippen LogP contribution in [0.15, 0.2) is 34.8 Å². The molecule has 0 atom stereocenters. The van der Waals surface area contributed by atoms with Gasteiger partial charge in [0.15, 0.2) is 6.29 Å². The second kappa shape index (κ2) is 5.76. The van der Waals surface area contributed by atoms with Crippen molar-refractivity contribution < 1.29 is 9.53 Å². The van der Waals surface area contributed by atoms with Crippen molar-refractivity contribution in [1.29, 1.82) is 0 Å². The average molecular weight is 340 g/mol. The molecule has 2 rings (SSSR count). The zero-order valence-electron chi connectivity index (χ0n) is 10.5. The van der Waals surface area contributed by atoms with Gasteiger partial charge < -0.3 is 4.74 Å². The topological polar surface area (TPSA) is 26.3 Å². The second-order valence-electron chi connectivity index (χ2n) is 4.27. The van der Waals surface area contributed by atoms with Crippen LogP contribution in [0.4, 0.5) is 0 Å². The Hall–Kier alpha value is -1.32. The Morgan fingerprint density at radius 1 is 1.16 bits per heavy atom. The van der Waals surface area contributed by atoms with Crippen LogP contribution in [-0.4, -0.2) is 6.29 Å². The number of hydrogen-bond donors (Lipinski definition) is 0. The highest BCUT2D eigenvalue weighted by atomic mass is 79.9. The van der Waals surface area contributed by atoms with Gasteiger partial charge in [-0.2, -0.15) is 0 Å². The third kappa shape index (κ3) is 3.17. The Labute approximate surface area is 125 Å². The van der Waals surface area contributed by atoms with E-state index in [1.807, 2.05) is 26.0 Å². The molecule has 0 saturated heterocycles. The molecular weight excluding hydrogens is 328 g/mol. The van der Waals surface area contributed by atoms with Gasteiger partial charge in [-0.25, -0.2) is 0 Å². The summed E-state index contributed by atoms with van der Waals surface area (Å²) in [6, 6.07) is 8.81. The van der Waals surface area contributed by atoms with E-state index >= 15 is 0 Å². The van der Waals surface area contributed by atoms with Gasteiger partial charge in [0.25, 0.3) is 0 Å². The molecule has 2 aromatic rings. The lowest BCUT2D eigenvalue weighted by Crippen LogP contribution is -1.92. The molecule has 0 aromatic heterocycles. The van der Waals surface area contributed by atoms with Crippen LogP contribution < -0.4 is 4.74 Å². The SMILES string of the molecule is Cc1cc(Oc2ccc(Cl)cc2C=O)cc(C)c1Br. The first-order valence-corrected chi connectivity index (χ1v) is 6.87. The number of carbonyl (C=O) groups is 1. The Balaban J connectivity index is 2.39. The fourth-order valence-corrected chi connectivity index (χ4v) is 2.21. The van der Waals surface area contributed by atoms with Gasteiger partial charge in [0, 0.05) is 9.50 Å². The summed E-state index contributed by atoms with van der Waals surface area (Å²) in [7, 11) is 0. The number of rotatable bonds is 3. The van der Waals surface area contributed by atoms with Gasteiger partial charge >= 0.3 is 0 Å². The Bertz CT molecular complexity index is 615. The van der Waals surface area contributed by atoms with E-state index in [2.05, 4.69) is 15.9 Å². The summed E-state index contributed by atoms with van der Waals surface area (Å²) in [5.41, 5.74) is 2.60. The molecular formula is C15H12BrClO2. The molecule has 0 N–H and O–H groups in total. The van der Waals surface area contributed by atoms with E-state index in [4.69, 9.17) is 16.3 Å². The summed E-state index contributed by atoms with van der Waals surface area (Å²) in [6.45, 7) is 3.98. The number of aldehydes is 1. The third-order valence-electron chi connectivity index (χ3n) is 2.74. The van der Waals surface area contributed by atoms with Gasteiger partial charge in [-0.1, -0.05) is 27.5 Å². The Morgan fingerprint density at radius 2 is 1.79 bits per heavy atom. The van der Waals surface area contributed by atoms with Crippen LogP contribution in [0.1, 0.15) is 21.5 Å². The van der Waals surface area contributed by atoms with Crippen molar-refractivity contribution in [2.24, 2.45) is 0 Å². The predicted molar refractivity (Wildman–Crippen MR) is 80.5 cm³/mol. The van der Waals surface area contributed by atoms with Crippen molar-refractivity contribution >= 4 is 33.8 Å². The number of aryl methyl sites for hydroxylation is 2. The van der Waals surface area contributed by atoms with Crippen molar-refractivity contribution in [3.63, 3.8) is 0 Å². The van der Waals surface area contributed by atoms with Crippen LogP contribution in [0.3, 0.4) is 0 Å². The van der Waals surface area contributed by atoms with Crippen LogP contribution in [0.2, 0.25) is 5.02 Å². The molecule has 19 heavy (non-hydrogen) atoms. The maximum atomic E-state index is 11.0. The summed E-state index contributed by atoms with van der Waals surface area (Å²) < 4.78 is 6.82. The molecule has 0 aliphatic rings. The maximum Gasteiger partial charge on any atom is 0.153 e. The fraction of sp³-hybridized carbons (Fsp3) is 0.133. The summed E-state index contributed by atoms with van der Waals surface area (Å²) >= 11 is 9.36. The third-order valence-corrected chi connectivity index (χ3v) is 4.22. The van der Waals surface area contributed by atoms with Crippen molar-refractivity contribution in [2.75, 3.05) is 0 Å². The van der Waals surface area contributed by atoms with E-state index in [9.17, 15) is 4.79 Å². The lowest BCUT2D eigenvalue weighted by Gasteiger charge is -2.11.